The molecule has 2 aromatic rings. The Morgan fingerprint density at radius 3 is 2.55 bits per heavy atom. The van der Waals surface area contributed by atoms with Gasteiger partial charge in [0, 0.05) is 13.2 Å². The molecule has 0 radical (unpaired) electrons. The second kappa shape index (κ2) is 4.30. The maximum atomic E-state index is 12.2. The van der Waals surface area contributed by atoms with Crippen LogP contribution in [0.25, 0.3) is 0 Å². The van der Waals surface area contributed by atoms with Crippen LogP contribution < -0.4 is 4.90 Å². The maximum absolute atomic E-state index is 12.2. The van der Waals surface area contributed by atoms with E-state index in [-0.39, 0.29) is 0 Å². The third kappa shape index (κ3) is 1.74. The van der Waals surface area contributed by atoms with Crippen molar-refractivity contribution < 1.29 is 9.59 Å². The monoisotopic (exact) mass is 269 g/mol. The van der Waals surface area contributed by atoms with Crippen LogP contribution in [-0.2, 0) is 18.4 Å². The molecule has 0 N–H and O–H groups in total. The van der Waals surface area contributed by atoms with E-state index in [9.17, 15) is 9.59 Å². The number of benzene rings is 1. The van der Waals surface area contributed by atoms with E-state index in [0.717, 1.165) is 22.5 Å². The second-order valence-corrected chi connectivity index (χ2v) is 5.10. The van der Waals surface area contributed by atoms with Crippen molar-refractivity contribution >= 4 is 17.4 Å². The number of fused-ring (bicyclic) bond motifs is 1. The Kier molecular flexibility index (Phi) is 2.71. The van der Waals surface area contributed by atoms with Gasteiger partial charge in [0.15, 0.2) is 0 Å². The Morgan fingerprint density at radius 1 is 1.15 bits per heavy atom. The fourth-order valence-corrected chi connectivity index (χ4v) is 2.53. The lowest BCUT2D eigenvalue weighted by atomic mass is 10.0. The van der Waals surface area contributed by atoms with Crippen LogP contribution in [0.15, 0.2) is 24.4 Å². The molecule has 102 valence electrons. The Hall–Kier alpha value is -2.43. The number of hydrogen-bond acceptors (Lipinski definition) is 3. The van der Waals surface area contributed by atoms with Gasteiger partial charge < -0.3 is 0 Å². The largest absolute Gasteiger partial charge is 0.299 e. The zero-order chi connectivity index (χ0) is 14.4. The number of anilines is 1. The normalized spacial score (nSPS) is 14.1. The summed E-state index contributed by atoms with van der Waals surface area (Å²) in [6.45, 7) is 4.23. The molecule has 0 fully saturated rings. The van der Waals surface area contributed by atoms with E-state index in [1.54, 1.807) is 10.7 Å². The molecule has 0 bridgehead atoms. The first kappa shape index (κ1) is 12.6. The van der Waals surface area contributed by atoms with Gasteiger partial charge in [-0.05, 0) is 37.1 Å². The lowest BCUT2D eigenvalue weighted by molar-refractivity contribution is -0.114. The van der Waals surface area contributed by atoms with Crippen molar-refractivity contribution in [1.29, 1.82) is 0 Å². The van der Waals surface area contributed by atoms with Crippen molar-refractivity contribution in [2.75, 3.05) is 4.90 Å². The number of rotatable bonds is 2. The SMILES string of the molecule is Cc1ccc2c(c1C)N(Cc1ccn(C)n1)C(=O)C2=O. The van der Waals surface area contributed by atoms with Gasteiger partial charge in [-0.3, -0.25) is 19.2 Å². The van der Waals surface area contributed by atoms with Crippen LogP contribution in [0.1, 0.15) is 27.2 Å². The first-order chi connectivity index (χ1) is 9.49. The number of nitrogens with zero attached hydrogens (tertiary/aromatic N) is 3. The van der Waals surface area contributed by atoms with E-state index in [4.69, 9.17) is 0 Å². The summed E-state index contributed by atoms with van der Waals surface area (Å²) < 4.78 is 1.68. The molecule has 1 aliphatic rings. The number of aromatic nitrogens is 2. The van der Waals surface area contributed by atoms with Crippen LogP contribution in [0, 0.1) is 13.8 Å². The molecule has 0 saturated carbocycles. The van der Waals surface area contributed by atoms with Gasteiger partial charge in [-0.15, -0.1) is 0 Å². The zero-order valence-electron chi connectivity index (χ0n) is 11.7. The lowest BCUT2D eigenvalue weighted by Gasteiger charge is -2.18. The second-order valence-electron chi connectivity index (χ2n) is 5.10. The highest BCUT2D eigenvalue weighted by atomic mass is 16.2. The minimum absolute atomic E-state index is 0.322. The Balaban J connectivity index is 2.07. The van der Waals surface area contributed by atoms with Gasteiger partial charge in [0.2, 0.25) is 0 Å². The summed E-state index contributed by atoms with van der Waals surface area (Å²) in [4.78, 5) is 25.8. The molecule has 1 aromatic carbocycles. The summed E-state index contributed by atoms with van der Waals surface area (Å²) in [5, 5.41) is 4.27. The van der Waals surface area contributed by atoms with Gasteiger partial charge in [-0.2, -0.15) is 5.10 Å². The van der Waals surface area contributed by atoms with Crippen molar-refractivity contribution in [3.05, 3.63) is 46.8 Å². The highest BCUT2D eigenvalue weighted by molar-refractivity contribution is 6.52. The third-order valence-electron chi connectivity index (χ3n) is 3.74. The summed E-state index contributed by atoms with van der Waals surface area (Å²) in [5.74, 6) is -0.904. The van der Waals surface area contributed by atoms with Crippen LogP contribution in [0.5, 0.6) is 0 Å². The molecule has 0 saturated heterocycles. The maximum Gasteiger partial charge on any atom is 0.299 e. The first-order valence-electron chi connectivity index (χ1n) is 6.44. The average Bonchev–Trinajstić information content (AvgIpc) is 2.92. The number of aryl methyl sites for hydroxylation is 2. The molecule has 5 nitrogen and oxygen atoms in total. The molecule has 5 heteroatoms. The molecule has 0 atom stereocenters. The predicted molar refractivity (Wildman–Crippen MR) is 74.6 cm³/mol. The summed E-state index contributed by atoms with van der Waals surface area (Å²) in [6.07, 6.45) is 1.82. The number of hydrogen-bond donors (Lipinski definition) is 0. The van der Waals surface area contributed by atoms with Gasteiger partial charge in [0.1, 0.15) is 0 Å². The molecule has 0 spiro atoms. The molecule has 1 aromatic heterocycles. The summed E-state index contributed by atoms with van der Waals surface area (Å²) in [7, 11) is 1.82. The van der Waals surface area contributed by atoms with Gasteiger partial charge in [-0.1, -0.05) is 6.07 Å². The summed E-state index contributed by atoms with van der Waals surface area (Å²) >= 11 is 0. The molecule has 1 amide bonds. The van der Waals surface area contributed by atoms with Crippen LogP contribution in [0.4, 0.5) is 5.69 Å². The van der Waals surface area contributed by atoms with Crippen LogP contribution in [0.3, 0.4) is 0 Å². The molecular weight excluding hydrogens is 254 g/mol. The van der Waals surface area contributed by atoms with Gasteiger partial charge >= 0.3 is 0 Å². The Labute approximate surface area is 116 Å². The summed E-state index contributed by atoms with van der Waals surface area (Å²) in [5.41, 5.74) is 4.02. The molecular formula is C15H15N3O2. The Bertz CT molecular complexity index is 731. The third-order valence-corrected chi connectivity index (χ3v) is 3.74. The zero-order valence-corrected chi connectivity index (χ0v) is 11.7. The minimum Gasteiger partial charge on any atom is -0.298 e. The van der Waals surface area contributed by atoms with E-state index >= 15 is 0 Å². The number of Topliss-reactive ketones (excluding diaryl/α,β-unsaturated/α-hetero) is 1. The molecule has 1 aliphatic heterocycles. The number of carbonyl (C=O) groups excluding carboxylic acids is 2. The van der Waals surface area contributed by atoms with Crippen molar-refractivity contribution in [2.24, 2.45) is 7.05 Å². The van der Waals surface area contributed by atoms with Crippen molar-refractivity contribution in [2.45, 2.75) is 20.4 Å². The van der Waals surface area contributed by atoms with E-state index in [0.29, 0.717) is 12.1 Å². The van der Waals surface area contributed by atoms with Gasteiger partial charge in [0.05, 0.1) is 23.5 Å². The highest BCUT2D eigenvalue weighted by Gasteiger charge is 2.37. The van der Waals surface area contributed by atoms with Crippen LogP contribution in [-0.4, -0.2) is 21.5 Å². The van der Waals surface area contributed by atoms with E-state index in [1.807, 2.05) is 39.2 Å². The van der Waals surface area contributed by atoms with E-state index in [1.165, 1.54) is 4.90 Å². The fraction of sp³-hybridized carbons (Fsp3) is 0.267. The average molecular weight is 269 g/mol. The number of ketones is 1. The Morgan fingerprint density at radius 2 is 1.90 bits per heavy atom. The smallest absolute Gasteiger partial charge is 0.298 e. The lowest BCUT2D eigenvalue weighted by Crippen LogP contribution is -2.29. The van der Waals surface area contributed by atoms with E-state index in [2.05, 4.69) is 5.10 Å². The van der Waals surface area contributed by atoms with Crippen LogP contribution >= 0.6 is 0 Å². The predicted octanol–water partition coefficient (Wildman–Crippen LogP) is 1.77. The van der Waals surface area contributed by atoms with Crippen LogP contribution in [0.2, 0.25) is 0 Å². The van der Waals surface area contributed by atoms with Crippen molar-refractivity contribution in [3.8, 4) is 0 Å². The fourth-order valence-electron chi connectivity index (χ4n) is 2.53. The van der Waals surface area contributed by atoms with E-state index < -0.39 is 11.7 Å². The molecule has 2 heterocycles. The first-order valence-corrected chi connectivity index (χ1v) is 6.44. The molecule has 0 unspecified atom stereocenters. The van der Waals surface area contributed by atoms with Crippen molar-refractivity contribution in [1.82, 2.24) is 9.78 Å². The quantitative estimate of drug-likeness (QED) is 0.781. The molecule has 0 aliphatic carbocycles. The van der Waals surface area contributed by atoms with Gasteiger partial charge in [-0.25, -0.2) is 0 Å². The van der Waals surface area contributed by atoms with Crippen molar-refractivity contribution in [3.63, 3.8) is 0 Å². The standard InChI is InChI=1S/C15H15N3O2/c1-9-4-5-12-13(10(9)2)18(15(20)14(12)19)8-11-6-7-17(3)16-11/h4-7H,8H2,1-3H3. The molecule has 20 heavy (non-hydrogen) atoms. The molecule has 3 rings (SSSR count). The minimum atomic E-state index is -0.473. The summed E-state index contributed by atoms with van der Waals surface area (Å²) in [6, 6.07) is 5.46. The topological polar surface area (TPSA) is 55.2 Å². The number of carbonyl (C=O) groups is 2. The highest BCUT2D eigenvalue weighted by Crippen LogP contribution is 2.34. The number of amides is 1. The van der Waals surface area contributed by atoms with Gasteiger partial charge in [0.25, 0.3) is 11.7 Å².